The van der Waals surface area contributed by atoms with Crippen LogP contribution in [0.3, 0.4) is 0 Å². The number of likely N-dealkylation sites (N-methyl/N-ethyl adjacent to an activating group) is 1. The van der Waals surface area contributed by atoms with Crippen LogP contribution >= 0.6 is 0 Å². The van der Waals surface area contributed by atoms with Crippen LogP contribution in [0.25, 0.3) is 0 Å². The summed E-state index contributed by atoms with van der Waals surface area (Å²) in [5.74, 6) is -0.408. The van der Waals surface area contributed by atoms with Gasteiger partial charge in [-0.25, -0.2) is 0 Å². The van der Waals surface area contributed by atoms with Crippen molar-refractivity contribution in [3.8, 4) is 0 Å². The molecule has 3 aromatic rings. The van der Waals surface area contributed by atoms with Crippen molar-refractivity contribution in [3.63, 3.8) is 0 Å². The highest BCUT2D eigenvalue weighted by Crippen LogP contribution is 2.14. The lowest BCUT2D eigenvalue weighted by molar-refractivity contribution is -0.117. The third-order valence-corrected chi connectivity index (χ3v) is 6.08. The standard InChI is InChI=1S/C27H35N5O6/c1-2-32(17-23(34)25(36)26(37)24(35)18-33)27(38)19-9-10-22(30-13-19)16-31(14-20-7-3-5-11-28-20)15-21-8-4-6-12-29-21/h3-13,23-26,33-37H,2,14-18H2,1H3/t23-,24+,25?,26+/m0/s1. The number of pyridine rings is 3. The Hall–Kier alpha value is -3.32. The van der Waals surface area contributed by atoms with Gasteiger partial charge in [0, 0.05) is 51.3 Å². The Kier molecular flexibility index (Phi) is 11.2. The van der Waals surface area contributed by atoms with Crippen molar-refractivity contribution >= 4 is 5.91 Å². The van der Waals surface area contributed by atoms with Crippen molar-refractivity contribution < 1.29 is 30.3 Å². The Labute approximate surface area is 221 Å². The zero-order valence-corrected chi connectivity index (χ0v) is 21.3. The summed E-state index contributed by atoms with van der Waals surface area (Å²) in [5, 5.41) is 48.7. The number of hydrogen-bond acceptors (Lipinski definition) is 10. The third-order valence-electron chi connectivity index (χ3n) is 6.08. The minimum atomic E-state index is -1.76. The molecule has 0 aliphatic heterocycles. The molecule has 0 aromatic carbocycles. The molecule has 0 aliphatic carbocycles. The fourth-order valence-electron chi connectivity index (χ4n) is 3.92. The summed E-state index contributed by atoms with van der Waals surface area (Å²) >= 11 is 0. The Morgan fingerprint density at radius 1 is 0.789 bits per heavy atom. The van der Waals surface area contributed by atoms with E-state index in [-0.39, 0.29) is 13.1 Å². The van der Waals surface area contributed by atoms with Gasteiger partial charge in [0.05, 0.1) is 29.3 Å². The van der Waals surface area contributed by atoms with Gasteiger partial charge in [-0.05, 0) is 43.3 Å². The van der Waals surface area contributed by atoms with Gasteiger partial charge >= 0.3 is 0 Å². The van der Waals surface area contributed by atoms with Crippen molar-refractivity contribution in [3.05, 3.63) is 89.8 Å². The summed E-state index contributed by atoms with van der Waals surface area (Å²) in [6.45, 7) is 2.54. The van der Waals surface area contributed by atoms with Gasteiger partial charge in [-0.15, -0.1) is 0 Å². The number of carbonyl (C=O) groups excluding carboxylic acids is 1. The van der Waals surface area contributed by atoms with E-state index >= 15 is 0 Å². The summed E-state index contributed by atoms with van der Waals surface area (Å²) < 4.78 is 0. The van der Waals surface area contributed by atoms with Crippen LogP contribution in [0.5, 0.6) is 0 Å². The summed E-state index contributed by atoms with van der Waals surface area (Å²) in [5.41, 5.74) is 2.86. The van der Waals surface area contributed by atoms with Crippen molar-refractivity contribution in [2.75, 3.05) is 19.7 Å². The number of carbonyl (C=O) groups is 1. The minimum Gasteiger partial charge on any atom is -0.394 e. The smallest absolute Gasteiger partial charge is 0.255 e. The van der Waals surface area contributed by atoms with Crippen LogP contribution in [0.2, 0.25) is 0 Å². The molecule has 4 atom stereocenters. The Morgan fingerprint density at radius 2 is 1.34 bits per heavy atom. The molecule has 0 fully saturated rings. The molecule has 0 saturated heterocycles. The first kappa shape index (κ1) is 29.2. The number of amides is 1. The quantitative estimate of drug-likeness (QED) is 0.193. The molecule has 38 heavy (non-hydrogen) atoms. The molecule has 3 aromatic heterocycles. The molecule has 3 heterocycles. The van der Waals surface area contributed by atoms with Crippen LogP contribution in [-0.2, 0) is 19.6 Å². The second-order valence-corrected chi connectivity index (χ2v) is 8.97. The number of aliphatic hydroxyl groups excluding tert-OH is 5. The predicted molar refractivity (Wildman–Crippen MR) is 138 cm³/mol. The average molecular weight is 526 g/mol. The van der Waals surface area contributed by atoms with Crippen molar-refractivity contribution in [1.29, 1.82) is 0 Å². The van der Waals surface area contributed by atoms with E-state index in [9.17, 15) is 25.2 Å². The molecule has 1 unspecified atom stereocenters. The Balaban J connectivity index is 1.67. The minimum absolute atomic E-state index is 0.227. The van der Waals surface area contributed by atoms with Crippen LogP contribution in [0.15, 0.2) is 67.1 Å². The molecule has 0 aliphatic rings. The van der Waals surface area contributed by atoms with Gasteiger partial charge in [0.15, 0.2) is 0 Å². The summed E-state index contributed by atoms with van der Waals surface area (Å²) in [6.07, 6.45) is -1.69. The predicted octanol–water partition coefficient (Wildman–Crippen LogP) is -0.0280. The molecule has 11 nitrogen and oxygen atoms in total. The molecule has 5 N–H and O–H groups in total. The van der Waals surface area contributed by atoms with Crippen LogP contribution in [0, 0.1) is 0 Å². The van der Waals surface area contributed by atoms with Gasteiger partial charge in [-0.1, -0.05) is 12.1 Å². The first-order valence-electron chi connectivity index (χ1n) is 12.4. The van der Waals surface area contributed by atoms with E-state index in [4.69, 9.17) is 5.11 Å². The van der Waals surface area contributed by atoms with Crippen molar-refractivity contribution in [2.24, 2.45) is 0 Å². The SMILES string of the molecule is CCN(C[C@H](O)C(O)[C@H](O)[C@H](O)CO)C(=O)c1ccc(CN(Cc2ccccn2)Cc2ccccn2)nc1. The highest BCUT2D eigenvalue weighted by Gasteiger charge is 2.32. The Morgan fingerprint density at radius 3 is 1.79 bits per heavy atom. The maximum Gasteiger partial charge on any atom is 0.255 e. The molecule has 11 heteroatoms. The highest BCUT2D eigenvalue weighted by molar-refractivity contribution is 5.93. The lowest BCUT2D eigenvalue weighted by Crippen LogP contribution is -2.50. The van der Waals surface area contributed by atoms with Crippen LogP contribution < -0.4 is 0 Å². The maximum atomic E-state index is 13.0. The number of nitrogens with zero attached hydrogens (tertiary/aromatic N) is 5. The van der Waals surface area contributed by atoms with E-state index in [0.717, 1.165) is 17.1 Å². The lowest BCUT2D eigenvalue weighted by atomic mass is 10.0. The average Bonchev–Trinajstić information content (AvgIpc) is 2.95. The number of aliphatic hydroxyl groups is 5. The summed E-state index contributed by atoms with van der Waals surface area (Å²) in [4.78, 5) is 29.8. The molecular weight excluding hydrogens is 490 g/mol. The van der Waals surface area contributed by atoms with E-state index in [1.807, 2.05) is 36.4 Å². The summed E-state index contributed by atoms with van der Waals surface area (Å²) in [6, 6.07) is 14.9. The van der Waals surface area contributed by atoms with Crippen LogP contribution in [-0.4, -0.2) is 100 Å². The zero-order chi connectivity index (χ0) is 27.5. The number of rotatable bonds is 14. The fraction of sp³-hybridized carbons (Fsp3) is 0.407. The lowest BCUT2D eigenvalue weighted by Gasteiger charge is -2.30. The number of aromatic nitrogens is 3. The van der Waals surface area contributed by atoms with Gasteiger partial charge in [0.25, 0.3) is 5.91 Å². The topological polar surface area (TPSA) is 163 Å². The summed E-state index contributed by atoms with van der Waals surface area (Å²) in [7, 11) is 0. The molecule has 0 bridgehead atoms. The molecule has 1 amide bonds. The van der Waals surface area contributed by atoms with Crippen LogP contribution in [0.4, 0.5) is 0 Å². The van der Waals surface area contributed by atoms with Gasteiger partial charge in [0.1, 0.15) is 24.4 Å². The molecule has 0 radical (unpaired) electrons. The van der Waals surface area contributed by atoms with E-state index in [2.05, 4.69) is 19.9 Å². The molecular formula is C27H35N5O6. The van der Waals surface area contributed by atoms with Crippen molar-refractivity contribution in [1.82, 2.24) is 24.8 Å². The zero-order valence-electron chi connectivity index (χ0n) is 21.3. The van der Waals surface area contributed by atoms with Crippen LogP contribution in [0.1, 0.15) is 34.4 Å². The third kappa shape index (κ3) is 8.35. The maximum absolute atomic E-state index is 13.0. The molecule has 0 spiro atoms. The molecule has 0 saturated carbocycles. The fourth-order valence-corrected chi connectivity index (χ4v) is 3.92. The first-order valence-corrected chi connectivity index (χ1v) is 12.4. The van der Waals surface area contributed by atoms with Gasteiger partial charge in [0.2, 0.25) is 0 Å². The van der Waals surface area contributed by atoms with E-state index < -0.39 is 36.9 Å². The van der Waals surface area contributed by atoms with E-state index in [0.29, 0.717) is 25.2 Å². The first-order chi connectivity index (χ1) is 18.3. The van der Waals surface area contributed by atoms with Gasteiger partial charge in [-0.2, -0.15) is 0 Å². The number of hydrogen-bond donors (Lipinski definition) is 5. The van der Waals surface area contributed by atoms with Crippen molar-refractivity contribution in [2.45, 2.75) is 51.0 Å². The second kappa shape index (κ2) is 14.6. The highest BCUT2D eigenvalue weighted by atomic mass is 16.4. The normalized spacial score (nSPS) is 14.6. The Bertz CT molecular complexity index is 1060. The van der Waals surface area contributed by atoms with Gasteiger partial charge < -0.3 is 30.4 Å². The largest absolute Gasteiger partial charge is 0.394 e. The monoisotopic (exact) mass is 525 g/mol. The van der Waals surface area contributed by atoms with Gasteiger partial charge in [-0.3, -0.25) is 24.6 Å². The van der Waals surface area contributed by atoms with E-state index in [1.54, 1.807) is 31.5 Å². The van der Waals surface area contributed by atoms with E-state index in [1.165, 1.54) is 11.1 Å². The second-order valence-electron chi connectivity index (χ2n) is 8.97. The molecule has 3 rings (SSSR count). The molecule has 204 valence electrons.